The summed E-state index contributed by atoms with van der Waals surface area (Å²) in [7, 11) is 0. The second-order valence-electron chi connectivity index (χ2n) is 8.42. The highest BCUT2D eigenvalue weighted by Gasteiger charge is 2.60. The van der Waals surface area contributed by atoms with Crippen LogP contribution >= 0.6 is 0 Å². The summed E-state index contributed by atoms with van der Waals surface area (Å²) in [5, 5.41) is 1.60. The number of fused-ring (bicyclic) bond motifs is 1. The van der Waals surface area contributed by atoms with E-state index in [2.05, 4.69) is 6.92 Å². The number of para-hydroxylation sites is 1. The van der Waals surface area contributed by atoms with Gasteiger partial charge in [0.1, 0.15) is 17.5 Å². The van der Waals surface area contributed by atoms with E-state index >= 15 is 0 Å². The zero-order valence-electron chi connectivity index (χ0n) is 18.8. The molecular weight excluding hydrogens is 435 g/mol. The van der Waals surface area contributed by atoms with Crippen molar-refractivity contribution in [2.75, 3.05) is 16.6 Å². The molecule has 6 nitrogen and oxygen atoms in total. The Morgan fingerprint density at radius 2 is 1.59 bits per heavy atom. The van der Waals surface area contributed by atoms with Crippen LogP contribution < -0.4 is 14.7 Å². The van der Waals surface area contributed by atoms with Crippen LogP contribution in [-0.2, 0) is 14.4 Å². The number of hydrogen-bond acceptors (Lipinski definition) is 5. The normalized spacial score (nSPS) is 21.8. The number of halogens is 1. The molecular formula is C27H25FN2O4. The lowest BCUT2D eigenvalue weighted by Gasteiger charge is -2.28. The van der Waals surface area contributed by atoms with Crippen LogP contribution in [0.3, 0.4) is 0 Å². The van der Waals surface area contributed by atoms with E-state index < -0.39 is 24.0 Å². The van der Waals surface area contributed by atoms with Gasteiger partial charge in [-0.15, -0.1) is 0 Å². The van der Waals surface area contributed by atoms with E-state index in [0.29, 0.717) is 29.3 Å². The topological polar surface area (TPSA) is 59.1 Å². The third kappa shape index (κ3) is 3.92. The Bertz CT molecular complexity index is 1170. The van der Waals surface area contributed by atoms with Crippen molar-refractivity contribution in [3.05, 3.63) is 90.2 Å². The fraction of sp³-hybridized carbons (Fsp3) is 0.259. The molecule has 0 aliphatic carbocycles. The molecule has 34 heavy (non-hydrogen) atoms. The van der Waals surface area contributed by atoms with Crippen molar-refractivity contribution in [3.8, 4) is 5.75 Å². The van der Waals surface area contributed by atoms with Crippen molar-refractivity contribution in [1.82, 2.24) is 0 Å². The lowest BCUT2D eigenvalue weighted by Crippen LogP contribution is -2.37. The highest BCUT2D eigenvalue weighted by atomic mass is 19.1. The van der Waals surface area contributed by atoms with Gasteiger partial charge < -0.3 is 4.74 Å². The third-order valence-corrected chi connectivity index (χ3v) is 6.20. The van der Waals surface area contributed by atoms with E-state index in [0.717, 1.165) is 12.8 Å². The lowest BCUT2D eigenvalue weighted by molar-refractivity contribution is -0.126. The van der Waals surface area contributed by atoms with Gasteiger partial charge >= 0.3 is 0 Å². The Morgan fingerprint density at radius 1 is 0.882 bits per heavy atom. The van der Waals surface area contributed by atoms with Crippen LogP contribution in [0.15, 0.2) is 78.9 Å². The zero-order chi connectivity index (χ0) is 23.7. The van der Waals surface area contributed by atoms with Crippen LogP contribution in [0, 0.1) is 11.7 Å². The monoisotopic (exact) mass is 460 g/mol. The molecule has 2 aliphatic heterocycles. The number of benzene rings is 3. The standard InChI is InChI=1S/C27H25FN2O4/c1-2-3-17-33-22-15-13-20(14-16-22)29-26(31)23-24(18-9-11-19(28)12-10-18)30(34-25(23)27(29)32)21-7-5-4-6-8-21/h4-16,23-25H,2-3,17H2,1H3. The number of amides is 2. The summed E-state index contributed by atoms with van der Waals surface area (Å²) in [6.07, 6.45) is 1.02. The number of hydrogen-bond donors (Lipinski definition) is 0. The number of unbranched alkanes of at least 4 members (excludes halogenated alkanes) is 1. The van der Waals surface area contributed by atoms with Crippen LogP contribution in [0.4, 0.5) is 15.8 Å². The minimum absolute atomic E-state index is 0.345. The summed E-state index contributed by atoms with van der Waals surface area (Å²) < 4.78 is 19.3. The van der Waals surface area contributed by atoms with Crippen molar-refractivity contribution < 1.29 is 23.6 Å². The molecule has 0 saturated carbocycles. The molecule has 3 aromatic rings. The smallest absolute Gasteiger partial charge is 0.266 e. The zero-order valence-corrected chi connectivity index (χ0v) is 18.8. The molecule has 2 amide bonds. The van der Waals surface area contributed by atoms with Crippen LogP contribution in [0.2, 0.25) is 0 Å². The fourth-order valence-electron chi connectivity index (χ4n) is 4.49. The molecule has 7 heteroatoms. The number of nitrogens with zero attached hydrogens (tertiary/aromatic N) is 2. The van der Waals surface area contributed by atoms with Gasteiger partial charge in [-0.1, -0.05) is 43.7 Å². The van der Waals surface area contributed by atoms with E-state index in [1.54, 1.807) is 41.5 Å². The van der Waals surface area contributed by atoms with Crippen LogP contribution in [0.1, 0.15) is 31.4 Å². The summed E-state index contributed by atoms with van der Waals surface area (Å²) >= 11 is 0. The molecule has 0 spiro atoms. The highest BCUT2D eigenvalue weighted by Crippen LogP contribution is 2.47. The Kier molecular flexibility index (Phi) is 6.02. The average molecular weight is 461 g/mol. The second-order valence-corrected chi connectivity index (χ2v) is 8.42. The molecule has 5 rings (SSSR count). The maximum atomic E-state index is 13.6. The molecule has 2 saturated heterocycles. The minimum Gasteiger partial charge on any atom is -0.494 e. The van der Waals surface area contributed by atoms with Gasteiger partial charge in [-0.3, -0.25) is 14.4 Å². The molecule has 174 valence electrons. The van der Waals surface area contributed by atoms with Gasteiger partial charge in [0.25, 0.3) is 5.91 Å². The van der Waals surface area contributed by atoms with Gasteiger partial charge in [0.2, 0.25) is 5.91 Å². The Hall–Kier alpha value is -3.71. The number of carbonyl (C=O) groups is 2. The molecule has 0 N–H and O–H groups in total. The number of anilines is 2. The first-order valence-electron chi connectivity index (χ1n) is 11.5. The number of hydroxylamine groups is 1. The van der Waals surface area contributed by atoms with E-state index in [1.807, 2.05) is 30.3 Å². The van der Waals surface area contributed by atoms with Crippen LogP contribution in [0.5, 0.6) is 5.75 Å². The average Bonchev–Trinajstić information content (AvgIpc) is 3.37. The predicted octanol–water partition coefficient (Wildman–Crippen LogP) is 5.06. The Balaban J connectivity index is 1.46. The largest absolute Gasteiger partial charge is 0.494 e. The minimum atomic E-state index is -0.969. The first-order valence-corrected chi connectivity index (χ1v) is 11.5. The molecule has 3 aromatic carbocycles. The first-order chi connectivity index (χ1) is 16.6. The molecule has 3 atom stereocenters. The molecule has 0 aromatic heterocycles. The second kappa shape index (κ2) is 9.27. The summed E-state index contributed by atoms with van der Waals surface area (Å²) in [6.45, 7) is 2.71. The van der Waals surface area contributed by atoms with Crippen molar-refractivity contribution in [3.63, 3.8) is 0 Å². The summed E-state index contributed by atoms with van der Waals surface area (Å²) in [5.74, 6) is -1.21. The Labute approximate surface area is 197 Å². The van der Waals surface area contributed by atoms with Crippen LogP contribution in [0.25, 0.3) is 0 Å². The molecule has 0 bridgehead atoms. The summed E-state index contributed by atoms with van der Waals surface area (Å²) in [4.78, 5) is 34.3. The fourth-order valence-corrected chi connectivity index (χ4v) is 4.49. The first kappa shape index (κ1) is 22.1. The van der Waals surface area contributed by atoms with Crippen molar-refractivity contribution in [2.45, 2.75) is 31.9 Å². The highest BCUT2D eigenvalue weighted by molar-refractivity contribution is 6.23. The third-order valence-electron chi connectivity index (χ3n) is 6.20. The predicted molar refractivity (Wildman–Crippen MR) is 126 cm³/mol. The quantitative estimate of drug-likeness (QED) is 0.365. The number of ether oxygens (including phenoxy) is 1. The molecule has 0 radical (unpaired) electrons. The molecule has 2 heterocycles. The lowest BCUT2D eigenvalue weighted by atomic mass is 9.90. The summed E-state index contributed by atoms with van der Waals surface area (Å²) in [5.41, 5.74) is 1.88. The Morgan fingerprint density at radius 3 is 2.26 bits per heavy atom. The maximum absolute atomic E-state index is 13.6. The maximum Gasteiger partial charge on any atom is 0.266 e. The van der Waals surface area contributed by atoms with Crippen LogP contribution in [-0.4, -0.2) is 24.5 Å². The molecule has 2 fully saturated rings. The van der Waals surface area contributed by atoms with Gasteiger partial charge in [-0.2, -0.15) is 0 Å². The van der Waals surface area contributed by atoms with Gasteiger partial charge in [0, 0.05) is 0 Å². The van der Waals surface area contributed by atoms with E-state index in [9.17, 15) is 14.0 Å². The van der Waals surface area contributed by atoms with Gasteiger partial charge in [-0.05, 0) is 60.5 Å². The van der Waals surface area contributed by atoms with Gasteiger partial charge in [0.15, 0.2) is 6.10 Å². The molecule has 3 unspecified atom stereocenters. The summed E-state index contributed by atoms with van der Waals surface area (Å²) in [6, 6.07) is 21.6. The van der Waals surface area contributed by atoms with Gasteiger partial charge in [-0.25, -0.2) is 14.4 Å². The number of carbonyl (C=O) groups excluding carboxylic acids is 2. The molecule has 2 aliphatic rings. The van der Waals surface area contributed by atoms with E-state index in [1.165, 1.54) is 17.0 Å². The van der Waals surface area contributed by atoms with E-state index in [-0.39, 0.29) is 11.7 Å². The van der Waals surface area contributed by atoms with Crippen molar-refractivity contribution >= 4 is 23.2 Å². The number of imide groups is 1. The van der Waals surface area contributed by atoms with Crippen molar-refractivity contribution in [2.24, 2.45) is 5.92 Å². The number of rotatable bonds is 7. The van der Waals surface area contributed by atoms with E-state index in [4.69, 9.17) is 9.57 Å². The van der Waals surface area contributed by atoms with Crippen molar-refractivity contribution in [1.29, 1.82) is 0 Å². The SMILES string of the molecule is CCCCOc1ccc(N2C(=O)C3ON(c4ccccc4)C(c4ccc(F)cc4)C3C2=O)cc1. The van der Waals surface area contributed by atoms with Gasteiger partial charge in [0.05, 0.1) is 24.0 Å².